The lowest BCUT2D eigenvalue weighted by atomic mass is 9.78. The van der Waals surface area contributed by atoms with Crippen LogP contribution in [0.15, 0.2) is 12.2 Å². The summed E-state index contributed by atoms with van der Waals surface area (Å²) in [6, 6.07) is 0. The SMILES string of the molecule is C=C1CCC2(C1)CN(CC(C)C)C2. The van der Waals surface area contributed by atoms with Crippen LogP contribution in [0.25, 0.3) is 0 Å². The van der Waals surface area contributed by atoms with Crippen molar-refractivity contribution < 1.29 is 0 Å². The summed E-state index contributed by atoms with van der Waals surface area (Å²) in [6.07, 6.45) is 4.00. The van der Waals surface area contributed by atoms with Crippen molar-refractivity contribution in [3.05, 3.63) is 12.2 Å². The lowest BCUT2D eigenvalue weighted by molar-refractivity contribution is 0.000589. The number of allylic oxidation sites excluding steroid dienone is 1. The third-order valence-electron chi connectivity index (χ3n) is 3.38. The zero-order valence-corrected chi connectivity index (χ0v) is 8.97. The Morgan fingerprint density at radius 3 is 2.62 bits per heavy atom. The Labute approximate surface area is 81.8 Å². The highest BCUT2D eigenvalue weighted by Crippen LogP contribution is 2.47. The molecule has 2 fully saturated rings. The molecule has 1 spiro atoms. The van der Waals surface area contributed by atoms with Gasteiger partial charge in [0.2, 0.25) is 0 Å². The van der Waals surface area contributed by atoms with Gasteiger partial charge in [0.05, 0.1) is 0 Å². The zero-order chi connectivity index (χ0) is 9.47. The summed E-state index contributed by atoms with van der Waals surface area (Å²) in [5, 5.41) is 0. The standard InChI is InChI=1S/C12H21N/c1-10(2)7-13-8-12(9-13)5-4-11(3)6-12/h10H,3-9H2,1-2H3. The minimum Gasteiger partial charge on any atom is -0.302 e. The number of hydrogen-bond acceptors (Lipinski definition) is 1. The fourth-order valence-corrected chi connectivity index (χ4v) is 2.97. The van der Waals surface area contributed by atoms with E-state index in [0.717, 1.165) is 5.92 Å². The van der Waals surface area contributed by atoms with Crippen LogP contribution in [0.2, 0.25) is 0 Å². The summed E-state index contributed by atoms with van der Waals surface area (Å²) >= 11 is 0. The van der Waals surface area contributed by atoms with Crippen LogP contribution in [0, 0.1) is 11.3 Å². The van der Waals surface area contributed by atoms with E-state index in [9.17, 15) is 0 Å². The Bertz CT molecular complexity index is 211. The summed E-state index contributed by atoms with van der Waals surface area (Å²) in [6.45, 7) is 12.7. The first-order chi connectivity index (χ1) is 6.10. The van der Waals surface area contributed by atoms with Gasteiger partial charge in [0, 0.05) is 19.6 Å². The minimum absolute atomic E-state index is 0.673. The van der Waals surface area contributed by atoms with Crippen LogP contribution in [0.1, 0.15) is 33.1 Å². The molecule has 0 atom stereocenters. The van der Waals surface area contributed by atoms with E-state index in [1.165, 1.54) is 44.5 Å². The molecular weight excluding hydrogens is 158 g/mol. The van der Waals surface area contributed by atoms with Crippen molar-refractivity contribution in [1.29, 1.82) is 0 Å². The van der Waals surface area contributed by atoms with Crippen LogP contribution in [0.3, 0.4) is 0 Å². The first kappa shape index (κ1) is 9.26. The van der Waals surface area contributed by atoms with Gasteiger partial charge in [-0.2, -0.15) is 0 Å². The first-order valence-electron chi connectivity index (χ1n) is 5.49. The molecule has 1 nitrogen and oxygen atoms in total. The van der Waals surface area contributed by atoms with Gasteiger partial charge in [-0.05, 0) is 30.6 Å². The second-order valence-electron chi connectivity index (χ2n) is 5.49. The van der Waals surface area contributed by atoms with E-state index in [1.54, 1.807) is 0 Å². The topological polar surface area (TPSA) is 3.24 Å². The largest absolute Gasteiger partial charge is 0.302 e. The summed E-state index contributed by atoms with van der Waals surface area (Å²) in [7, 11) is 0. The van der Waals surface area contributed by atoms with Crippen LogP contribution in [-0.4, -0.2) is 24.5 Å². The highest BCUT2D eigenvalue weighted by Gasteiger charge is 2.45. The van der Waals surface area contributed by atoms with Crippen molar-refractivity contribution in [3.8, 4) is 0 Å². The normalized spacial score (nSPS) is 27.2. The Morgan fingerprint density at radius 1 is 1.46 bits per heavy atom. The van der Waals surface area contributed by atoms with E-state index in [1.807, 2.05) is 0 Å². The van der Waals surface area contributed by atoms with Gasteiger partial charge in [-0.25, -0.2) is 0 Å². The van der Waals surface area contributed by atoms with E-state index in [2.05, 4.69) is 25.3 Å². The average molecular weight is 179 g/mol. The Kier molecular flexibility index (Phi) is 2.23. The number of rotatable bonds is 2. The van der Waals surface area contributed by atoms with E-state index < -0.39 is 0 Å². The highest BCUT2D eigenvalue weighted by molar-refractivity contribution is 5.13. The van der Waals surface area contributed by atoms with E-state index >= 15 is 0 Å². The molecule has 0 aromatic rings. The minimum atomic E-state index is 0.673. The molecule has 1 heterocycles. The predicted octanol–water partition coefficient (Wildman–Crippen LogP) is 2.68. The first-order valence-corrected chi connectivity index (χ1v) is 5.49. The second-order valence-corrected chi connectivity index (χ2v) is 5.49. The molecule has 0 radical (unpaired) electrons. The fourth-order valence-electron chi connectivity index (χ4n) is 2.97. The predicted molar refractivity (Wildman–Crippen MR) is 56.7 cm³/mol. The highest BCUT2D eigenvalue weighted by atomic mass is 15.2. The monoisotopic (exact) mass is 179 g/mol. The van der Waals surface area contributed by atoms with Crippen molar-refractivity contribution in [2.24, 2.45) is 11.3 Å². The third kappa shape index (κ3) is 1.80. The van der Waals surface area contributed by atoms with E-state index in [4.69, 9.17) is 0 Å². The molecule has 1 saturated carbocycles. The van der Waals surface area contributed by atoms with Crippen molar-refractivity contribution in [2.75, 3.05) is 19.6 Å². The maximum absolute atomic E-state index is 4.10. The van der Waals surface area contributed by atoms with Crippen molar-refractivity contribution >= 4 is 0 Å². The molecule has 0 N–H and O–H groups in total. The number of nitrogens with zero attached hydrogens (tertiary/aromatic N) is 1. The average Bonchev–Trinajstić information content (AvgIpc) is 2.29. The van der Waals surface area contributed by atoms with Gasteiger partial charge in [0.1, 0.15) is 0 Å². The van der Waals surface area contributed by atoms with Gasteiger partial charge in [-0.3, -0.25) is 0 Å². The molecule has 0 bridgehead atoms. The molecule has 1 aliphatic carbocycles. The maximum Gasteiger partial charge on any atom is 0.00538 e. The number of hydrogen-bond donors (Lipinski definition) is 0. The van der Waals surface area contributed by atoms with Gasteiger partial charge in [-0.1, -0.05) is 26.0 Å². The lowest BCUT2D eigenvalue weighted by Gasteiger charge is -2.49. The molecule has 0 aromatic carbocycles. The molecule has 1 saturated heterocycles. The van der Waals surface area contributed by atoms with Gasteiger partial charge in [0.15, 0.2) is 0 Å². The summed E-state index contributed by atoms with van der Waals surface area (Å²) in [4.78, 5) is 2.60. The van der Waals surface area contributed by atoms with Gasteiger partial charge in [0.25, 0.3) is 0 Å². The maximum atomic E-state index is 4.10. The molecule has 1 aliphatic heterocycles. The molecule has 13 heavy (non-hydrogen) atoms. The Balaban J connectivity index is 1.80. The summed E-state index contributed by atoms with van der Waals surface area (Å²) < 4.78 is 0. The second kappa shape index (κ2) is 3.13. The van der Waals surface area contributed by atoms with Crippen LogP contribution < -0.4 is 0 Å². The van der Waals surface area contributed by atoms with Crippen LogP contribution in [0.4, 0.5) is 0 Å². The Hall–Kier alpha value is -0.300. The van der Waals surface area contributed by atoms with Gasteiger partial charge in [-0.15, -0.1) is 0 Å². The Morgan fingerprint density at radius 2 is 2.15 bits per heavy atom. The molecule has 2 aliphatic rings. The van der Waals surface area contributed by atoms with Gasteiger partial charge < -0.3 is 4.90 Å². The lowest BCUT2D eigenvalue weighted by Crippen LogP contribution is -2.55. The van der Waals surface area contributed by atoms with Crippen LogP contribution in [0.5, 0.6) is 0 Å². The number of likely N-dealkylation sites (tertiary alicyclic amines) is 1. The van der Waals surface area contributed by atoms with Crippen molar-refractivity contribution in [3.63, 3.8) is 0 Å². The quantitative estimate of drug-likeness (QED) is 0.589. The molecule has 2 rings (SSSR count). The third-order valence-corrected chi connectivity index (χ3v) is 3.38. The van der Waals surface area contributed by atoms with E-state index in [-0.39, 0.29) is 0 Å². The molecule has 0 amide bonds. The molecule has 1 heteroatoms. The zero-order valence-electron chi connectivity index (χ0n) is 8.97. The van der Waals surface area contributed by atoms with Gasteiger partial charge >= 0.3 is 0 Å². The smallest absolute Gasteiger partial charge is 0.00538 e. The van der Waals surface area contributed by atoms with Crippen LogP contribution >= 0.6 is 0 Å². The van der Waals surface area contributed by atoms with Crippen LogP contribution in [-0.2, 0) is 0 Å². The summed E-state index contributed by atoms with van der Waals surface area (Å²) in [5.74, 6) is 0.821. The van der Waals surface area contributed by atoms with Crippen molar-refractivity contribution in [2.45, 2.75) is 33.1 Å². The summed E-state index contributed by atoms with van der Waals surface area (Å²) in [5.41, 5.74) is 2.16. The molecule has 0 unspecified atom stereocenters. The van der Waals surface area contributed by atoms with E-state index in [0.29, 0.717) is 5.41 Å². The fraction of sp³-hybridized carbons (Fsp3) is 0.833. The molecule has 0 aromatic heterocycles. The molecular formula is C12H21N. The van der Waals surface area contributed by atoms with Crippen molar-refractivity contribution in [1.82, 2.24) is 4.90 Å². The molecule has 74 valence electrons.